The van der Waals surface area contributed by atoms with Crippen LogP contribution in [0.1, 0.15) is 24.7 Å². The van der Waals surface area contributed by atoms with E-state index in [1.807, 2.05) is 50.2 Å². The summed E-state index contributed by atoms with van der Waals surface area (Å²) in [6, 6.07) is 11.6. The lowest BCUT2D eigenvalue weighted by molar-refractivity contribution is -0.115. The summed E-state index contributed by atoms with van der Waals surface area (Å²) >= 11 is 1.61. The molecule has 1 N–H and O–H groups in total. The van der Waals surface area contributed by atoms with Gasteiger partial charge in [0.05, 0.1) is 17.3 Å². The van der Waals surface area contributed by atoms with E-state index in [0.717, 1.165) is 23.4 Å². The minimum atomic E-state index is -0.0697. The number of aryl methyl sites for hydroxylation is 1. The Morgan fingerprint density at radius 2 is 2.10 bits per heavy atom. The fraction of sp³-hybridized carbons (Fsp3) is 0.312. The first-order valence-corrected chi connectivity index (χ1v) is 7.76. The number of anilines is 1. The van der Waals surface area contributed by atoms with Gasteiger partial charge < -0.3 is 9.73 Å². The first-order valence-electron chi connectivity index (χ1n) is 6.71. The highest BCUT2D eigenvalue weighted by atomic mass is 32.2. The molecule has 0 radical (unpaired) electrons. The summed E-state index contributed by atoms with van der Waals surface area (Å²) in [4.78, 5) is 12.3. The smallest absolute Gasteiger partial charge is 0.237 e. The number of nitrogens with one attached hydrogen (secondary N) is 1. The fourth-order valence-corrected chi connectivity index (χ4v) is 2.86. The van der Waals surface area contributed by atoms with E-state index in [1.165, 1.54) is 0 Å². The lowest BCUT2D eigenvalue weighted by atomic mass is 10.2. The highest BCUT2D eigenvalue weighted by molar-refractivity contribution is 7.99. The molecular weight excluding hydrogens is 270 g/mol. The lowest BCUT2D eigenvalue weighted by Gasteiger charge is -2.15. The van der Waals surface area contributed by atoms with Crippen molar-refractivity contribution in [1.29, 1.82) is 0 Å². The van der Waals surface area contributed by atoms with Gasteiger partial charge >= 0.3 is 0 Å². The summed E-state index contributed by atoms with van der Waals surface area (Å²) in [6.07, 6.45) is 2.45. The standard InChI is InChI=1S/C16H19NO2S/c1-3-15(20-11-13-8-6-10-19-13)16(18)17-14-9-5-4-7-12(14)2/h4-10,15H,3,11H2,1-2H3,(H,17,18). The maximum atomic E-state index is 12.3. The van der Waals surface area contributed by atoms with E-state index >= 15 is 0 Å². The van der Waals surface area contributed by atoms with Crippen LogP contribution in [-0.4, -0.2) is 11.2 Å². The van der Waals surface area contributed by atoms with E-state index in [9.17, 15) is 4.79 Å². The zero-order valence-corrected chi connectivity index (χ0v) is 12.6. The molecule has 0 spiro atoms. The van der Waals surface area contributed by atoms with Crippen LogP contribution in [0.5, 0.6) is 0 Å². The Hall–Kier alpha value is -1.68. The molecule has 1 aromatic carbocycles. The van der Waals surface area contributed by atoms with Crippen LogP contribution in [0.15, 0.2) is 47.1 Å². The number of hydrogen-bond acceptors (Lipinski definition) is 3. The largest absolute Gasteiger partial charge is 0.468 e. The molecule has 0 aliphatic rings. The molecule has 3 nitrogen and oxygen atoms in total. The van der Waals surface area contributed by atoms with Crippen LogP contribution in [0.4, 0.5) is 5.69 Å². The van der Waals surface area contributed by atoms with Gasteiger partial charge in [0.15, 0.2) is 0 Å². The van der Waals surface area contributed by atoms with Crippen molar-refractivity contribution >= 4 is 23.4 Å². The van der Waals surface area contributed by atoms with Crippen molar-refractivity contribution in [2.75, 3.05) is 5.32 Å². The molecule has 20 heavy (non-hydrogen) atoms. The minimum Gasteiger partial charge on any atom is -0.468 e. The zero-order valence-electron chi connectivity index (χ0n) is 11.8. The van der Waals surface area contributed by atoms with Crippen molar-refractivity contribution in [2.45, 2.75) is 31.3 Å². The van der Waals surface area contributed by atoms with E-state index in [4.69, 9.17) is 4.42 Å². The van der Waals surface area contributed by atoms with Gasteiger partial charge in [-0.05, 0) is 37.1 Å². The number of carbonyl (C=O) groups excluding carboxylic acids is 1. The van der Waals surface area contributed by atoms with Crippen molar-refractivity contribution in [2.24, 2.45) is 0 Å². The lowest BCUT2D eigenvalue weighted by Crippen LogP contribution is -2.25. The Morgan fingerprint density at radius 1 is 1.30 bits per heavy atom. The summed E-state index contributed by atoms with van der Waals surface area (Å²) in [5, 5.41) is 2.93. The van der Waals surface area contributed by atoms with Crippen molar-refractivity contribution in [1.82, 2.24) is 0 Å². The molecule has 0 saturated heterocycles. The predicted molar refractivity (Wildman–Crippen MR) is 83.9 cm³/mol. The van der Waals surface area contributed by atoms with Crippen molar-refractivity contribution in [3.8, 4) is 0 Å². The Bertz CT molecular complexity index is 551. The first-order chi connectivity index (χ1) is 9.70. The van der Waals surface area contributed by atoms with Gasteiger partial charge in [0.25, 0.3) is 0 Å². The summed E-state index contributed by atoms with van der Waals surface area (Å²) in [7, 11) is 0. The van der Waals surface area contributed by atoms with Crippen LogP contribution in [0, 0.1) is 6.92 Å². The number of para-hydroxylation sites is 1. The Kier molecular flexibility index (Phi) is 5.30. The van der Waals surface area contributed by atoms with E-state index in [1.54, 1.807) is 18.0 Å². The highest BCUT2D eigenvalue weighted by Crippen LogP contribution is 2.23. The van der Waals surface area contributed by atoms with Crippen LogP contribution in [0.3, 0.4) is 0 Å². The van der Waals surface area contributed by atoms with Gasteiger partial charge in [-0.3, -0.25) is 4.79 Å². The number of thioether (sulfide) groups is 1. The van der Waals surface area contributed by atoms with Crippen molar-refractivity contribution < 1.29 is 9.21 Å². The first kappa shape index (κ1) is 14.7. The third kappa shape index (κ3) is 3.90. The van der Waals surface area contributed by atoms with E-state index < -0.39 is 0 Å². The van der Waals surface area contributed by atoms with E-state index in [0.29, 0.717) is 5.75 Å². The average Bonchev–Trinajstić information content (AvgIpc) is 2.95. The minimum absolute atomic E-state index is 0.0540. The average molecular weight is 289 g/mol. The summed E-state index contributed by atoms with van der Waals surface area (Å²) in [5.74, 6) is 1.67. The van der Waals surface area contributed by atoms with Crippen LogP contribution in [-0.2, 0) is 10.5 Å². The van der Waals surface area contributed by atoms with E-state index in [2.05, 4.69) is 5.32 Å². The molecule has 1 atom stereocenters. The maximum Gasteiger partial charge on any atom is 0.237 e. The second-order valence-electron chi connectivity index (χ2n) is 4.59. The fourth-order valence-electron chi connectivity index (χ4n) is 1.88. The predicted octanol–water partition coefficient (Wildman–Crippen LogP) is 4.24. The number of furan rings is 1. The molecule has 2 rings (SSSR count). The molecule has 0 aliphatic heterocycles. The van der Waals surface area contributed by atoms with Gasteiger partial charge in [0.2, 0.25) is 5.91 Å². The molecule has 1 amide bonds. The molecule has 1 aromatic heterocycles. The van der Waals surface area contributed by atoms with Crippen LogP contribution >= 0.6 is 11.8 Å². The molecule has 1 heterocycles. The normalized spacial score (nSPS) is 12.1. The topological polar surface area (TPSA) is 42.2 Å². The summed E-state index contributed by atoms with van der Waals surface area (Å²) in [5.41, 5.74) is 1.96. The van der Waals surface area contributed by atoms with Gasteiger partial charge in [-0.2, -0.15) is 0 Å². The quantitative estimate of drug-likeness (QED) is 0.865. The van der Waals surface area contributed by atoms with Gasteiger partial charge in [-0.15, -0.1) is 11.8 Å². The molecule has 1 unspecified atom stereocenters. The molecule has 4 heteroatoms. The Balaban J connectivity index is 1.93. The number of rotatable bonds is 6. The molecule has 0 fully saturated rings. The van der Waals surface area contributed by atoms with Gasteiger partial charge in [0.1, 0.15) is 5.76 Å². The van der Waals surface area contributed by atoms with Gasteiger partial charge in [-0.25, -0.2) is 0 Å². The summed E-state index contributed by atoms with van der Waals surface area (Å²) in [6.45, 7) is 4.02. The highest BCUT2D eigenvalue weighted by Gasteiger charge is 2.18. The molecule has 0 saturated carbocycles. The number of hydrogen-bond donors (Lipinski definition) is 1. The third-order valence-corrected chi connectivity index (χ3v) is 4.47. The number of amides is 1. The van der Waals surface area contributed by atoms with Crippen LogP contribution < -0.4 is 5.32 Å². The second-order valence-corrected chi connectivity index (χ2v) is 5.78. The van der Waals surface area contributed by atoms with Crippen molar-refractivity contribution in [3.05, 3.63) is 54.0 Å². The molecular formula is C16H19NO2S. The van der Waals surface area contributed by atoms with Crippen LogP contribution in [0.2, 0.25) is 0 Å². The second kappa shape index (κ2) is 7.20. The van der Waals surface area contributed by atoms with Crippen molar-refractivity contribution in [3.63, 3.8) is 0 Å². The molecule has 106 valence electrons. The molecule has 0 aliphatic carbocycles. The molecule has 2 aromatic rings. The number of carbonyl (C=O) groups is 1. The Morgan fingerprint density at radius 3 is 2.75 bits per heavy atom. The SMILES string of the molecule is CCC(SCc1ccco1)C(=O)Nc1ccccc1C. The van der Waals surface area contributed by atoms with Crippen LogP contribution in [0.25, 0.3) is 0 Å². The number of benzene rings is 1. The third-order valence-electron chi connectivity index (χ3n) is 3.07. The monoisotopic (exact) mass is 289 g/mol. The molecule has 0 bridgehead atoms. The van der Waals surface area contributed by atoms with Gasteiger partial charge in [0, 0.05) is 5.69 Å². The maximum absolute atomic E-state index is 12.3. The summed E-state index contributed by atoms with van der Waals surface area (Å²) < 4.78 is 5.29. The Labute approximate surface area is 123 Å². The zero-order chi connectivity index (χ0) is 14.4. The van der Waals surface area contributed by atoms with Gasteiger partial charge in [-0.1, -0.05) is 25.1 Å². The van der Waals surface area contributed by atoms with E-state index in [-0.39, 0.29) is 11.2 Å².